The van der Waals surface area contributed by atoms with Gasteiger partial charge in [-0.2, -0.15) is 22.7 Å². The molecule has 2 N–H and O–H groups in total. The fourth-order valence-corrected chi connectivity index (χ4v) is 3.98. The minimum absolute atomic E-state index is 0. The Morgan fingerprint density at radius 1 is 0.970 bits per heavy atom. The number of nitrogens with one attached hydrogen (secondary N) is 2. The summed E-state index contributed by atoms with van der Waals surface area (Å²) in [4.78, 5) is 7.37. The molecule has 0 spiro atoms. The Hall–Kier alpha value is -3.09. The van der Waals surface area contributed by atoms with Gasteiger partial charge >= 0.3 is 6.18 Å². The summed E-state index contributed by atoms with van der Waals surface area (Å²) in [6.45, 7) is 1.60. The molecule has 14 heteroatoms. The molecular formula is C19H15Cl2F3N6O2S. The van der Waals surface area contributed by atoms with Crippen LogP contribution in [0.2, 0.25) is 5.02 Å². The van der Waals surface area contributed by atoms with Crippen molar-refractivity contribution in [2.24, 2.45) is 0 Å². The van der Waals surface area contributed by atoms with Crippen LogP contribution in [0.15, 0.2) is 59.5 Å². The highest BCUT2D eigenvalue weighted by Gasteiger charge is 2.36. The van der Waals surface area contributed by atoms with Crippen molar-refractivity contribution in [2.45, 2.75) is 18.0 Å². The van der Waals surface area contributed by atoms with Crippen molar-refractivity contribution in [1.29, 1.82) is 0 Å². The first-order valence-electron chi connectivity index (χ1n) is 8.98. The van der Waals surface area contributed by atoms with Gasteiger partial charge in [0.2, 0.25) is 0 Å². The highest BCUT2D eigenvalue weighted by molar-refractivity contribution is 7.92. The number of alkyl halides is 3. The third-order valence-corrected chi connectivity index (χ3v) is 5.88. The first-order valence-corrected chi connectivity index (χ1v) is 10.8. The van der Waals surface area contributed by atoms with Crippen LogP contribution in [0.25, 0.3) is 5.78 Å². The molecule has 33 heavy (non-hydrogen) atoms. The van der Waals surface area contributed by atoms with Gasteiger partial charge in [0.25, 0.3) is 21.6 Å². The lowest BCUT2D eigenvalue weighted by Gasteiger charge is -2.11. The summed E-state index contributed by atoms with van der Waals surface area (Å²) in [6, 6.07) is 13.3. The zero-order valence-electron chi connectivity index (χ0n) is 16.6. The maximum atomic E-state index is 13.0. The minimum Gasteiger partial charge on any atom is -0.340 e. The Morgan fingerprint density at radius 2 is 1.58 bits per heavy atom. The second-order valence-corrected chi connectivity index (χ2v) is 8.81. The number of aryl methyl sites for hydroxylation is 1. The van der Waals surface area contributed by atoms with Gasteiger partial charge in [-0.25, -0.2) is 13.4 Å². The van der Waals surface area contributed by atoms with E-state index in [4.69, 9.17) is 11.6 Å². The zero-order chi connectivity index (χ0) is 23.1. The van der Waals surface area contributed by atoms with Crippen molar-refractivity contribution < 1.29 is 21.6 Å². The summed E-state index contributed by atoms with van der Waals surface area (Å²) in [5, 5.41) is 6.85. The van der Waals surface area contributed by atoms with E-state index in [9.17, 15) is 21.6 Å². The Morgan fingerprint density at radius 3 is 2.18 bits per heavy atom. The van der Waals surface area contributed by atoms with Crippen LogP contribution in [-0.4, -0.2) is 28.0 Å². The number of rotatable bonds is 5. The monoisotopic (exact) mass is 518 g/mol. The topological polar surface area (TPSA) is 101 Å². The fraction of sp³-hybridized carbons (Fsp3) is 0.105. The average molecular weight is 519 g/mol. The largest absolute Gasteiger partial charge is 0.453 e. The molecule has 174 valence electrons. The van der Waals surface area contributed by atoms with Gasteiger partial charge in [-0.1, -0.05) is 11.6 Å². The number of sulfonamides is 1. The molecule has 2 heterocycles. The number of fused-ring (bicyclic) bond motifs is 1. The number of aromatic nitrogens is 4. The molecule has 0 unspecified atom stereocenters. The lowest BCUT2D eigenvalue weighted by atomic mass is 10.3. The lowest BCUT2D eigenvalue weighted by Crippen LogP contribution is -2.12. The number of benzene rings is 2. The SMILES string of the molecule is Cc1cc(Nc2ccc(S(=O)(=O)Nc3ccc(Cl)cc3)cc2)n2nc(C(F)(F)F)nc2n1.Cl. The lowest BCUT2D eigenvalue weighted by molar-refractivity contribution is -0.144. The second kappa shape index (κ2) is 9.04. The van der Waals surface area contributed by atoms with E-state index in [1.807, 2.05) is 0 Å². The van der Waals surface area contributed by atoms with E-state index in [0.717, 1.165) is 4.52 Å². The summed E-state index contributed by atoms with van der Waals surface area (Å²) >= 11 is 5.80. The van der Waals surface area contributed by atoms with Crippen molar-refractivity contribution in [3.8, 4) is 0 Å². The van der Waals surface area contributed by atoms with Gasteiger partial charge < -0.3 is 5.32 Å². The Kier molecular flexibility index (Phi) is 6.73. The molecule has 0 bridgehead atoms. The summed E-state index contributed by atoms with van der Waals surface area (Å²) in [7, 11) is -3.85. The smallest absolute Gasteiger partial charge is 0.340 e. The van der Waals surface area contributed by atoms with Gasteiger partial charge in [-0.3, -0.25) is 4.72 Å². The molecule has 4 aromatic rings. The van der Waals surface area contributed by atoms with Crippen LogP contribution < -0.4 is 10.0 Å². The van der Waals surface area contributed by atoms with Crippen molar-refractivity contribution in [1.82, 2.24) is 19.6 Å². The van der Waals surface area contributed by atoms with Crippen LogP contribution in [0.3, 0.4) is 0 Å². The highest BCUT2D eigenvalue weighted by atomic mass is 35.5. The molecular weight excluding hydrogens is 504 g/mol. The standard InChI is InChI=1S/C19H14ClF3N6O2S.ClH/c1-11-10-16(29-18(24-11)26-17(27-29)19(21,22)23)25-13-6-8-15(9-7-13)32(30,31)28-14-4-2-12(20)3-5-14;/h2-10,25,28H,1H3;1H. The molecule has 2 aromatic carbocycles. The van der Waals surface area contributed by atoms with Crippen molar-refractivity contribution in [3.05, 3.63) is 71.1 Å². The van der Waals surface area contributed by atoms with E-state index < -0.39 is 22.0 Å². The first-order chi connectivity index (χ1) is 15.0. The third kappa shape index (κ3) is 5.46. The van der Waals surface area contributed by atoms with Crippen molar-refractivity contribution in [3.63, 3.8) is 0 Å². The zero-order valence-corrected chi connectivity index (χ0v) is 19.0. The van der Waals surface area contributed by atoms with Crippen LogP contribution in [0.4, 0.5) is 30.4 Å². The highest BCUT2D eigenvalue weighted by Crippen LogP contribution is 2.28. The third-order valence-electron chi connectivity index (χ3n) is 4.23. The number of hydrogen-bond acceptors (Lipinski definition) is 6. The van der Waals surface area contributed by atoms with E-state index in [-0.39, 0.29) is 28.9 Å². The van der Waals surface area contributed by atoms with E-state index in [1.54, 1.807) is 19.1 Å². The van der Waals surface area contributed by atoms with Crippen LogP contribution in [-0.2, 0) is 16.2 Å². The second-order valence-electron chi connectivity index (χ2n) is 6.69. The van der Waals surface area contributed by atoms with Crippen LogP contribution in [0, 0.1) is 6.92 Å². The van der Waals surface area contributed by atoms with Gasteiger partial charge in [0.1, 0.15) is 5.82 Å². The number of nitrogens with zero attached hydrogens (tertiary/aromatic N) is 4. The van der Waals surface area contributed by atoms with E-state index in [1.165, 1.54) is 42.5 Å². The minimum atomic E-state index is -4.72. The van der Waals surface area contributed by atoms with Gasteiger partial charge in [0.15, 0.2) is 0 Å². The number of halogens is 5. The van der Waals surface area contributed by atoms with E-state index in [2.05, 4.69) is 25.1 Å². The van der Waals surface area contributed by atoms with Crippen molar-refractivity contribution in [2.75, 3.05) is 10.0 Å². The quantitative estimate of drug-likeness (QED) is 0.382. The maximum absolute atomic E-state index is 13.0. The molecule has 2 aromatic heterocycles. The molecule has 0 aliphatic heterocycles. The Labute approximate surface area is 197 Å². The maximum Gasteiger partial charge on any atom is 0.453 e. The molecule has 8 nitrogen and oxygen atoms in total. The molecule has 0 aliphatic carbocycles. The van der Waals surface area contributed by atoms with Crippen molar-refractivity contribution >= 4 is 57.0 Å². The van der Waals surface area contributed by atoms with Gasteiger partial charge in [0, 0.05) is 28.2 Å². The Bertz CT molecular complexity index is 1390. The summed E-state index contributed by atoms with van der Waals surface area (Å²) in [6.07, 6.45) is -4.72. The van der Waals surface area contributed by atoms with Crippen LogP contribution in [0.1, 0.15) is 11.5 Å². The predicted octanol–water partition coefficient (Wildman–Crippen LogP) is 5.07. The fourth-order valence-electron chi connectivity index (χ4n) is 2.79. The normalized spacial score (nSPS) is 11.8. The molecule has 0 fully saturated rings. The van der Waals surface area contributed by atoms with E-state index >= 15 is 0 Å². The van der Waals surface area contributed by atoms with E-state index in [0.29, 0.717) is 22.1 Å². The van der Waals surface area contributed by atoms with Crippen LogP contribution >= 0.6 is 24.0 Å². The number of anilines is 3. The Balaban J connectivity index is 0.00000306. The van der Waals surface area contributed by atoms with Gasteiger partial charge in [-0.05, 0) is 55.5 Å². The average Bonchev–Trinajstić information content (AvgIpc) is 3.15. The summed E-state index contributed by atoms with van der Waals surface area (Å²) in [5.74, 6) is -1.34. The molecule has 0 aliphatic rings. The summed E-state index contributed by atoms with van der Waals surface area (Å²) in [5.41, 5.74) is 1.19. The molecule has 0 amide bonds. The van der Waals surface area contributed by atoms with Crippen LogP contribution in [0.5, 0.6) is 0 Å². The van der Waals surface area contributed by atoms with Gasteiger partial charge in [0.05, 0.1) is 4.90 Å². The molecule has 0 radical (unpaired) electrons. The predicted molar refractivity (Wildman–Crippen MR) is 120 cm³/mol. The molecule has 0 atom stereocenters. The molecule has 4 rings (SSSR count). The number of hydrogen-bond donors (Lipinski definition) is 2. The molecule has 0 saturated heterocycles. The summed E-state index contributed by atoms with van der Waals surface area (Å²) < 4.78 is 67.4. The molecule has 0 saturated carbocycles. The van der Waals surface area contributed by atoms with Gasteiger partial charge in [-0.15, -0.1) is 17.5 Å². The first kappa shape index (κ1) is 24.6.